The zero-order valence-corrected chi connectivity index (χ0v) is 7.84. The van der Waals surface area contributed by atoms with Crippen molar-refractivity contribution in [1.29, 1.82) is 0 Å². The summed E-state index contributed by atoms with van der Waals surface area (Å²) in [6.07, 6.45) is 1.60. The van der Waals surface area contributed by atoms with Crippen LogP contribution in [0.3, 0.4) is 0 Å². The second-order valence-electron chi connectivity index (χ2n) is 2.86. The maximum atomic E-state index is 10.8. The highest BCUT2D eigenvalue weighted by molar-refractivity contribution is 5.90. The van der Waals surface area contributed by atoms with Gasteiger partial charge >= 0.3 is 5.97 Å². The van der Waals surface area contributed by atoms with Crippen LogP contribution < -0.4 is 0 Å². The van der Waals surface area contributed by atoms with Crippen LogP contribution in [-0.4, -0.2) is 16.0 Å². The topological polar surface area (TPSA) is 80.4 Å². The number of benzene rings is 1. The fourth-order valence-electron chi connectivity index (χ4n) is 1.30. The van der Waals surface area contributed by atoms with E-state index in [1.807, 2.05) is 0 Å². The summed E-state index contributed by atoms with van der Waals surface area (Å²) >= 11 is 0. The highest BCUT2D eigenvalue weighted by Crippen LogP contribution is 2.23. The molecule has 1 aromatic rings. The van der Waals surface area contributed by atoms with Crippen LogP contribution in [0.2, 0.25) is 0 Å². The highest BCUT2D eigenvalue weighted by atomic mass is 16.6. The lowest BCUT2D eigenvalue weighted by Crippen LogP contribution is -2.05. The van der Waals surface area contributed by atoms with Crippen LogP contribution in [0.1, 0.15) is 15.9 Å². The maximum Gasteiger partial charge on any atom is 0.336 e. The van der Waals surface area contributed by atoms with Crippen LogP contribution >= 0.6 is 0 Å². The number of nitro benzene ring substituents is 1. The quantitative estimate of drug-likeness (QED) is 0.465. The molecule has 0 unspecified atom stereocenters. The molecule has 5 heteroatoms. The predicted molar refractivity (Wildman–Crippen MR) is 54.0 cm³/mol. The number of nitrogens with zero attached hydrogens (tertiary/aromatic N) is 1. The monoisotopic (exact) mass is 207 g/mol. The van der Waals surface area contributed by atoms with E-state index in [0.717, 1.165) is 0 Å². The lowest BCUT2D eigenvalue weighted by molar-refractivity contribution is -0.385. The molecule has 5 nitrogen and oxygen atoms in total. The molecule has 1 N–H and O–H groups in total. The van der Waals surface area contributed by atoms with Gasteiger partial charge in [0.1, 0.15) is 0 Å². The fraction of sp³-hybridized carbons (Fsp3) is 0.100. The standard InChI is InChI=1S/C10H9NO4/c1-2-4-7-8(10(12)13)5-3-6-9(7)11(14)15/h2-3,5-6H,1,4H2,(H,12,13). The van der Waals surface area contributed by atoms with E-state index >= 15 is 0 Å². The van der Waals surface area contributed by atoms with Crippen LogP contribution in [0.4, 0.5) is 5.69 Å². The lowest BCUT2D eigenvalue weighted by atomic mass is 10.0. The van der Waals surface area contributed by atoms with E-state index in [0.29, 0.717) is 0 Å². The van der Waals surface area contributed by atoms with Gasteiger partial charge in [-0.3, -0.25) is 10.1 Å². The van der Waals surface area contributed by atoms with Crippen molar-refractivity contribution in [3.8, 4) is 0 Å². The molecule has 0 radical (unpaired) electrons. The number of carboxylic acid groups (broad SMARTS) is 1. The molecule has 0 saturated carbocycles. The Morgan fingerprint density at radius 2 is 2.27 bits per heavy atom. The largest absolute Gasteiger partial charge is 0.478 e. The van der Waals surface area contributed by atoms with Crippen molar-refractivity contribution < 1.29 is 14.8 Å². The number of hydrogen-bond acceptors (Lipinski definition) is 3. The summed E-state index contributed by atoms with van der Waals surface area (Å²) in [5.41, 5.74) is -0.0519. The highest BCUT2D eigenvalue weighted by Gasteiger charge is 2.19. The molecule has 0 spiro atoms. The molecule has 1 aromatic carbocycles. The first-order chi connectivity index (χ1) is 7.07. The van der Waals surface area contributed by atoms with E-state index in [1.54, 1.807) is 0 Å². The van der Waals surface area contributed by atoms with Crippen LogP contribution in [0.25, 0.3) is 0 Å². The first kappa shape index (κ1) is 10.9. The normalized spacial score (nSPS) is 9.60. The summed E-state index contributed by atoms with van der Waals surface area (Å²) in [5, 5.41) is 19.5. The van der Waals surface area contributed by atoms with Crippen molar-refractivity contribution in [2.24, 2.45) is 0 Å². The van der Waals surface area contributed by atoms with Gasteiger partial charge in [0, 0.05) is 11.6 Å². The number of allylic oxidation sites excluding steroid dienone is 1. The Bertz CT molecular complexity index is 393. The molecule has 0 aromatic heterocycles. The zero-order valence-electron chi connectivity index (χ0n) is 7.84. The summed E-state index contributed by atoms with van der Waals surface area (Å²) in [7, 11) is 0. The average Bonchev–Trinajstić information content (AvgIpc) is 2.17. The van der Waals surface area contributed by atoms with E-state index < -0.39 is 10.9 Å². The van der Waals surface area contributed by atoms with Crippen molar-refractivity contribution in [1.82, 2.24) is 0 Å². The molecule has 0 saturated heterocycles. The van der Waals surface area contributed by atoms with Crippen molar-refractivity contribution >= 4 is 11.7 Å². The molecular weight excluding hydrogens is 198 g/mol. The SMILES string of the molecule is C=CCc1c(C(=O)O)cccc1[N+](=O)[O-]. The molecule has 0 fully saturated rings. The van der Waals surface area contributed by atoms with Gasteiger partial charge in [-0.15, -0.1) is 6.58 Å². The van der Waals surface area contributed by atoms with Gasteiger partial charge in [-0.05, 0) is 12.5 Å². The Labute approximate surface area is 85.8 Å². The van der Waals surface area contributed by atoms with Crippen LogP contribution in [-0.2, 0) is 6.42 Å². The Kier molecular flexibility index (Phi) is 3.17. The number of aromatic carboxylic acids is 1. The van der Waals surface area contributed by atoms with E-state index in [-0.39, 0.29) is 23.2 Å². The molecule has 0 aliphatic rings. The summed E-state index contributed by atoms with van der Waals surface area (Å²) < 4.78 is 0. The molecule has 78 valence electrons. The third-order valence-electron chi connectivity index (χ3n) is 1.93. The van der Waals surface area contributed by atoms with E-state index in [2.05, 4.69) is 6.58 Å². The van der Waals surface area contributed by atoms with E-state index in [4.69, 9.17) is 5.11 Å². The first-order valence-corrected chi connectivity index (χ1v) is 4.18. The second kappa shape index (κ2) is 4.36. The van der Waals surface area contributed by atoms with E-state index in [1.165, 1.54) is 24.3 Å². The van der Waals surface area contributed by atoms with Gasteiger partial charge in [0.2, 0.25) is 0 Å². The summed E-state index contributed by atoms with van der Waals surface area (Å²) in [6, 6.07) is 3.98. The molecule has 0 amide bonds. The van der Waals surface area contributed by atoms with Gasteiger partial charge < -0.3 is 5.11 Å². The minimum Gasteiger partial charge on any atom is -0.478 e. The molecule has 0 aliphatic carbocycles. The Balaban J connectivity index is 3.40. The smallest absolute Gasteiger partial charge is 0.336 e. The average molecular weight is 207 g/mol. The van der Waals surface area contributed by atoms with Gasteiger partial charge in [0.05, 0.1) is 10.5 Å². The van der Waals surface area contributed by atoms with Crippen LogP contribution in [0.15, 0.2) is 30.9 Å². The number of rotatable bonds is 4. The predicted octanol–water partition coefficient (Wildman–Crippen LogP) is 2.02. The Hall–Kier alpha value is -2.17. The maximum absolute atomic E-state index is 10.8. The third kappa shape index (κ3) is 2.19. The number of hydrogen-bond donors (Lipinski definition) is 1. The zero-order chi connectivity index (χ0) is 11.4. The molecule has 0 heterocycles. The number of carbonyl (C=O) groups is 1. The minimum atomic E-state index is -1.17. The number of nitro groups is 1. The minimum absolute atomic E-state index is 0.0518. The molecule has 0 aliphatic heterocycles. The molecule has 0 atom stereocenters. The molecule has 0 bridgehead atoms. The molecular formula is C10H9NO4. The van der Waals surface area contributed by atoms with Crippen molar-refractivity contribution in [2.45, 2.75) is 6.42 Å². The van der Waals surface area contributed by atoms with Crippen molar-refractivity contribution in [3.05, 3.63) is 52.1 Å². The van der Waals surface area contributed by atoms with Gasteiger partial charge in [-0.25, -0.2) is 4.79 Å². The summed E-state index contributed by atoms with van der Waals surface area (Å²) in [4.78, 5) is 20.9. The Morgan fingerprint density at radius 1 is 1.60 bits per heavy atom. The van der Waals surface area contributed by atoms with Crippen LogP contribution in [0.5, 0.6) is 0 Å². The second-order valence-corrected chi connectivity index (χ2v) is 2.86. The fourth-order valence-corrected chi connectivity index (χ4v) is 1.30. The van der Waals surface area contributed by atoms with Crippen molar-refractivity contribution in [3.63, 3.8) is 0 Å². The molecule has 15 heavy (non-hydrogen) atoms. The van der Waals surface area contributed by atoms with Gasteiger partial charge in [-0.1, -0.05) is 12.1 Å². The molecule has 1 rings (SSSR count). The van der Waals surface area contributed by atoms with Crippen LogP contribution in [0, 0.1) is 10.1 Å². The summed E-state index contributed by atoms with van der Waals surface area (Å²) in [6.45, 7) is 3.44. The lowest BCUT2D eigenvalue weighted by Gasteiger charge is -2.03. The van der Waals surface area contributed by atoms with Gasteiger partial charge in [-0.2, -0.15) is 0 Å². The third-order valence-corrected chi connectivity index (χ3v) is 1.93. The first-order valence-electron chi connectivity index (χ1n) is 4.18. The Morgan fingerprint density at radius 3 is 2.73 bits per heavy atom. The van der Waals surface area contributed by atoms with Gasteiger partial charge in [0.15, 0.2) is 0 Å². The van der Waals surface area contributed by atoms with Crippen molar-refractivity contribution in [2.75, 3.05) is 0 Å². The van der Waals surface area contributed by atoms with E-state index in [9.17, 15) is 14.9 Å². The van der Waals surface area contributed by atoms with Gasteiger partial charge in [0.25, 0.3) is 5.69 Å². The summed E-state index contributed by atoms with van der Waals surface area (Å²) in [5.74, 6) is -1.17. The number of carboxylic acids is 1.